The minimum absolute atomic E-state index is 0.233. The van der Waals surface area contributed by atoms with Crippen molar-refractivity contribution in [3.05, 3.63) is 72.1 Å². The van der Waals surface area contributed by atoms with Crippen molar-refractivity contribution in [1.82, 2.24) is 15.8 Å². The predicted molar refractivity (Wildman–Crippen MR) is 96.1 cm³/mol. The fourth-order valence-corrected chi connectivity index (χ4v) is 3.17. The average molecular weight is 321 g/mol. The predicted octanol–water partition coefficient (Wildman–Crippen LogP) is 4.03. The normalized spacial score (nSPS) is 14.8. The van der Waals surface area contributed by atoms with Gasteiger partial charge in [-0.2, -0.15) is 0 Å². The average Bonchev–Trinajstić information content (AvgIpc) is 2.67. The number of aromatic nitrogens is 1. The van der Waals surface area contributed by atoms with Crippen LogP contribution in [-0.4, -0.2) is 10.9 Å². The third-order valence-electron chi connectivity index (χ3n) is 4.59. The molecule has 1 fully saturated rings. The Labute approximate surface area is 143 Å². The SMILES string of the molecule is C=C(NNC(=O)c1cccnc1)c1ccc(C2CCCCC2)cc1. The number of nitrogens with one attached hydrogen (secondary N) is 2. The highest BCUT2D eigenvalue weighted by atomic mass is 16.2. The summed E-state index contributed by atoms with van der Waals surface area (Å²) in [5.41, 5.74) is 9.08. The third kappa shape index (κ3) is 4.02. The van der Waals surface area contributed by atoms with Crippen LogP contribution in [0.5, 0.6) is 0 Å². The van der Waals surface area contributed by atoms with Crippen molar-refractivity contribution >= 4 is 11.6 Å². The Morgan fingerprint density at radius 1 is 1.00 bits per heavy atom. The van der Waals surface area contributed by atoms with E-state index in [1.165, 1.54) is 43.9 Å². The maximum Gasteiger partial charge on any atom is 0.271 e. The van der Waals surface area contributed by atoms with E-state index in [4.69, 9.17) is 0 Å². The van der Waals surface area contributed by atoms with E-state index in [0.717, 1.165) is 5.56 Å². The molecule has 124 valence electrons. The van der Waals surface area contributed by atoms with Crippen LogP contribution in [0.3, 0.4) is 0 Å². The molecule has 24 heavy (non-hydrogen) atoms. The van der Waals surface area contributed by atoms with Gasteiger partial charge in [0, 0.05) is 12.4 Å². The first-order chi connectivity index (χ1) is 11.7. The summed E-state index contributed by atoms with van der Waals surface area (Å²) in [6.45, 7) is 3.99. The van der Waals surface area contributed by atoms with Gasteiger partial charge in [0.25, 0.3) is 5.91 Å². The molecular formula is C20H23N3O. The van der Waals surface area contributed by atoms with Crippen LogP contribution >= 0.6 is 0 Å². The number of hydrazine groups is 1. The van der Waals surface area contributed by atoms with Gasteiger partial charge in [0.05, 0.1) is 11.3 Å². The number of benzene rings is 1. The zero-order valence-corrected chi connectivity index (χ0v) is 13.8. The van der Waals surface area contributed by atoms with E-state index in [0.29, 0.717) is 17.2 Å². The van der Waals surface area contributed by atoms with Gasteiger partial charge in [0.1, 0.15) is 0 Å². The molecule has 0 radical (unpaired) electrons. The molecule has 2 N–H and O–H groups in total. The number of carbonyl (C=O) groups is 1. The van der Waals surface area contributed by atoms with E-state index < -0.39 is 0 Å². The van der Waals surface area contributed by atoms with Crippen molar-refractivity contribution in [2.45, 2.75) is 38.0 Å². The Bertz CT molecular complexity index is 689. The summed E-state index contributed by atoms with van der Waals surface area (Å²) in [6, 6.07) is 11.9. The second-order valence-electron chi connectivity index (χ2n) is 6.26. The minimum Gasteiger partial charge on any atom is -0.298 e. The minimum atomic E-state index is -0.233. The Hall–Kier alpha value is -2.62. The summed E-state index contributed by atoms with van der Waals surface area (Å²) in [7, 11) is 0. The van der Waals surface area contributed by atoms with Gasteiger partial charge in [-0.3, -0.25) is 20.6 Å². The maximum atomic E-state index is 12.0. The zero-order valence-electron chi connectivity index (χ0n) is 13.8. The lowest BCUT2D eigenvalue weighted by Crippen LogP contribution is -2.35. The van der Waals surface area contributed by atoms with Crippen molar-refractivity contribution in [2.24, 2.45) is 0 Å². The van der Waals surface area contributed by atoms with Crippen molar-refractivity contribution in [2.75, 3.05) is 0 Å². The zero-order chi connectivity index (χ0) is 16.8. The van der Waals surface area contributed by atoms with Crippen molar-refractivity contribution in [3.8, 4) is 0 Å². The van der Waals surface area contributed by atoms with Gasteiger partial charge >= 0.3 is 0 Å². The van der Waals surface area contributed by atoms with Gasteiger partial charge in [-0.15, -0.1) is 0 Å². The molecule has 1 aliphatic carbocycles. The molecule has 1 aliphatic rings. The van der Waals surface area contributed by atoms with Gasteiger partial charge in [0.15, 0.2) is 0 Å². The van der Waals surface area contributed by atoms with Crippen LogP contribution in [0.2, 0.25) is 0 Å². The molecule has 3 rings (SSSR count). The summed E-state index contributed by atoms with van der Waals surface area (Å²) < 4.78 is 0. The van der Waals surface area contributed by atoms with Gasteiger partial charge in [0.2, 0.25) is 0 Å². The Morgan fingerprint density at radius 2 is 1.75 bits per heavy atom. The Morgan fingerprint density at radius 3 is 2.42 bits per heavy atom. The lowest BCUT2D eigenvalue weighted by molar-refractivity contribution is 0.0942. The maximum absolute atomic E-state index is 12.0. The number of carbonyl (C=O) groups excluding carboxylic acids is 1. The number of hydrogen-bond acceptors (Lipinski definition) is 3. The second kappa shape index (κ2) is 7.77. The Balaban J connectivity index is 1.56. The van der Waals surface area contributed by atoms with Crippen LogP contribution in [0.4, 0.5) is 0 Å². The van der Waals surface area contributed by atoms with Crippen LogP contribution in [0.15, 0.2) is 55.4 Å². The van der Waals surface area contributed by atoms with E-state index in [-0.39, 0.29) is 5.91 Å². The topological polar surface area (TPSA) is 54.0 Å². The lowest BCUT2D eigenvalue weighted by atomic mass is 9.84. The molecule has 1 aromatic heterocycles. The first-order valence-corrected chi connectivity index (χ1v) is 8.49. The molecule has 1 aromatic carbocycles. The van der Waals surface area contributed by atoms with Crippen LogP contribution in [0.1, 0.15) is 59.5 Å². The van der Waals surface area contributed by atoms with Crippen molar-refractivity contribution in [1.29, 1.82) is 0 Å². The summed E-state index contributed by atoms with van der Waals surface area (Å²) in [4.78, 5) is 15.9. The molecule has 1 saturated carbocycles. The molecule has 0 unspecified atom stereocenters. The van der Waals surface area contributed by atoms with Crippen molar-refractivity contribution < 1.29 is 4.79 Å². The van der Waals surface area contributed by atoms with Gasteiger partial charge in [-0.25, -0.2) is 0 Å². The van der Waals surface area contributed by atoms with Gasteiger partial charge < -0.3 is 0 Å². The van der Waals surface area contributed by atoms with Crippen LogP contribution in [-0.2, 0) is 0 Å². The van der Waals surface area contributed by atoms with E-state index in [9.17, 15) is 4.79 Å². The van der Waals surface area contributed by atoms with E-state index in [1.807, 2.05) is 0 Å². The second-order valence-corrected chi connectivity index (χ2v) is 6.26. The fraction of sp³-hybridized carbons (Fsp3) is 0.300. The summed E-state index contributed by atoms with van der Waals surface area (Å²) in [5, 5.41) is 0. The number of nitrogens with zero attached hydrogens (tertiary/aromatic N) is 1. The van der Waals surface area contributed by atoms with E-state index >= 15 is 0 Å². The smallest absolute Gasteiger partial charge is 0.271 e. The summed E-state index contributed by atoms with van der Waals surface area (Å²) in [5.74, 6) is 0.461. The number of pyridine rings is 1. The first kappa shape index (κ1) is 16.2. The highest BCUT2D eigenvalue weighted by Gasteiger charge is 2.15. The standard InChI is InChI=1S/C20H23N3O/c1-15(22-23-20(24)19-8-5-13-21-14-19)16-9-11-18(12-10-16)17-6-3-2-4-7-17/h5,8-14,17,22H,1-4,6-7H2,(H,23,24). The van der Waals surface area contributed by atoms with Crippen LogP contribution in [0.25, 0.3) is 5.70 Å². The molecule has 1 amide bonds. The van der Waals surface area contributed by atoms with Crippen LogP contribution < -0.4 is 10.9 Å². The molecule has 0 aliphatic heterocycles. The van der Waals surface area contributed by atoms with E-state index in [1.54, 1.807) is 18.3 Å². The van der Waals surface area contributed by atoms with Crippen molar-refractivity contribution in [3.63, 3.8) is 0 Å². The molecule has 1 heterocycles. The van der Waals surface area contributed by atoms with E-state index in [2.05, 4.69) is 46.7 Å². The molecule has 0 bridgehead atoms. The quantitative estimate of drug-likeness (QED) is 0.817. The number of hydrogen-bond donors (Lipinski definition) is 2. The molecule has 0 atom stereocenters. The van der Waals surface area contributed by atoms with Gasteiger partial charge in [-0.05, 0) is 42.0 Å². The number of amides is 1. The van der Waals surface area contributed by atoms with Gasteiger partial charge in [-0.1, -0.05) is 50.1 Å². The Kier molecular flexibility index (Phi) is 5.26. The first-order valence-electron chi connectivity index (χ1n) is 8.49. The molecule has 0 spiro atoms. The molecule has 0 saturated heterocycles. The highest BCUT2D eigenvalue weighted by Crippen LogP contribution is 2.32. The fourth-order valence-electron chi connectivity index (χ4n) is 3.17. The third-order valence-corrected chi connectivity index (χ3v) is 4.59. The molecular weight excluding hydrogens is 298 g/mol. The monoisotopic (exact) mass is 321 g/mol. The highest BCUT2D eigenvalue weighted by molar-refractivity contribution is 5.94. The number of rotatable bonds is 5. The molecule has 4 nitrogen and oxygen atoms in total. The van der Waals surface area contributed by atoms with Crippen LogP contribution in [0, 0.1) is 0 Å². The largest absolute Gasteiger partial charge is 0.298 e. The summed E-state index contributed by atoms with van der Waals surface area (Å²) in [6.07, 6.45) is 9.78. The molecule has 2 aromatic rings. The lowest BCUT2D eigenvalue weighted by Gasteiger charge is -2.22. The molecule has 4 heteroatoms. The summed E-state index contributed by atoms with van der Waals surface area (Å²) >= 11 is 0.